The van der Waals surface area contributed by atoms with Crippen LogP contribution in [0.3, 0.4) is 0 Å². The maximum Gasteiger partial charge on any atom is 0.416 e. The van der Waals surface area contributed by atoms with E-state index in [1.54, 1.807) is 30.3 Å². The first-order chi connectivity index (χ1) is 9.88. The van der Waals surface area contributed by atoms with Crippen molar-refractivity contribution in [2.24, 2.45) is 0 Å². The molecule has 108 valence electrons. The number of fused-ring (bicyclic) bond motifs is 3. The zero-order chi connectivity index (χ0) is 15.2. The van der Waals surface area contributed by atoms with Crippen molar-refractivity contribution in [3.8, 4) is 5.75 Å². The molecule has 0 fully saturated rings. The van der Waals surface area contributed by atoms with E-state index in [0.717, 1.165) is 11.5 Å². The summed E-state index contributed by atoms with van der Waals surface area (Å²) in [6.45, 7) is 0. The third-order valence-corrected chi connectivity index (χ3v) is 3.31. The van der Waals surface area contributed by atoms with E-state index in [9.17, 15) is 18.0 Å². The van der Waals surface area contributed by atoms with E-state index in [1.807, 2.05) is 0 Å². The fraction of sp³-hybridized carbons (Fsp3) is 0.133. The number of hydrogen-bond acceptors (Lipinski definition) is 2. The Morgan fingerprint density at radius 1 is 1.14 bits per heavy atom. The molecule has 3 nitrogen and oxygen atoms in total. The molecule has 0 aliphatic carbocycles. The summed E-state index contributed by atoms with van der Waals surface area (Å²) in [6, 6.07) is 10.1. The largest absolute Gasteiger partial charge is 0.478 e. The van der Waals surface area contributed by atoms with E-state index >= 15 is 0 Å². The molecule has 0 aromatic heterocycles. The Morgan fingerprint density at radius 3 is 2.52 bits per heavy atom. The highest BCUT2D eigenvalue weighted by atomic mass is 19.4. The van der Waals surface area contributed by atoms with Gasteiger partial charge in [-0.05, 0) is 22.9 Å². The molecule has 0 unspecified atom stereocenters. The number of halogens is 3. The molecule has 1 heterocycles. The van der Waals surface area contributed by atoms with Gasteiger partial charge in [-0.1, -0.05) is 30.3 Å². The molecule has 6 heteroatoms. The van der Waals surface area contributed by atoms with Crippen LogP contribution in [0.25, 0.3) is 16.8 Å². The highest BCUT2D eigenvalue weighted by Crippen LogP contribution is 2.40. The van der Waals surface area contributed by atoms with Crippen molar-refractivity contribution in [3.05, 3.63) is 47.5 Å². The summed E-state index contributed by atoms with van der Waals surface area (Å²) >= 11 is 0. The van der Waals surface area contributed by atoms with Crippen LogP contribution in [0.5, 0.6) is 5.75 Å². The van der Waals surface area contributed by atoms with E-state index in [4.69, 9.17) is 9.84 Å². The minimum Gasteiger partial charge on any atom is -0.478 e. The van der Waals surface area contributed by atoms with E-state index in [1.165, 1.54) is 6.07 Å². The number of carbonyl (C=O) groups is 1. The number of rotatable bonds is 1. The number of carboxylic acid groups (broad SMARTS) is 1. The quantitative estimate of drug-likeness (QED) is 0.873. The normalized spacial score (nSPS) is 17.9. The van der Waals surface area contributed by atoms with Crippen LogP contribution in [-0.2, 0) is 4.79 Å². The van der Waals surface area contributed by atoms with Crippen LogP contribution in [0.1, 0.15) is 5.56 Å². The van der Waals surface area contributed by atoms with Crippen molar-refractivity contribution < 1.29 is 27.8 Å². The van der Waals surface area contributed by atoms with E-state index in [2.05, 4.69) is 0 Å². The van der Waals surface area contributed by atoms with Crippen LogP contribution in [0.4, 0.5) is 13.2 Å². The molecular formula is C15H9F3O3. The van der Waals surface area contributed by atoms with Crippen LogP contribution in [0.2, 0.25) is 0 Å². The number of aliphatic carboxylic acids is 1. The molecule has 0 saturated carbocycles. The molecule has 0 amide bonds. The zero-order valence-electron chi connectivity index (χ0n) is 10.5. The second-order valence-corrected chi connectivity index (χ2v) is 4.63. The topological polar surface area (TPSA) is 46.5 Å². The molecule has 3 rings (SSSR count). The van der Waals surface area contributed by atoms with Gasteiger partial charge in [-0.15, -0.1) is 0 Å². The molecule has 1 N–H and O–H groups in total. The number of carboxylic acids is 1. The first-order valence-electron chi connectivity index (χ1n) is 6.08. The molecule has 0 spiro atoms. The molecule has 21 heavy (non-hydrogen) atoms. The van der Waals surface area contributed by atoms with Crippen molar-refractivity contribution in [2.45, 2.75) is 12.3 Å². The molecule has 0 bridgehead atoms. The minimum absolute atomic E-state index is 0.133. The molecule has 1 aliphatic heterocycles. The first kappa shape index (κ1) is 13.5. The SMILES string of the molecule is O=C(O)[C@H]1Oc2ccc3ccccc3c2C=C1C(F)(F)F. The molecule has 1 atom stereocenters. The van der Waals surface area contributed by atoms with Crippen LogP contribution in [-0.4, -0.2) is 23.4 Å². The van der Waals surface area contributed by atoms with E-state index in [-0.39, 0.29) is 11.3 Å². The number of benzene rings is 2. The van der Waals surface area contributed by atoms with Crippen LogP contribution >= 0.6 is 0 Å². The lowest BCUT2D eigenvalue weighted by molar-refractivity contribution is -0.150. The lowest BCUT2D eigenvalue weighted by Crippen LogP contribution is -2.37. The smallest absolute Gasteiger partial charge is 0.416 e. The summed E-state index contributed by atoms with van der Waals surface area (Å²) in [4.78, 5) is 11.0. The summed E-state index contributed by atoms with van der Waals surface area (Å²) in [5, 5.41) is 10.3. The predicted octanol–water partition coefficient (Wildman–Crippen LogP) is 3.63. The van der Waals surface area contributed by atoms with Crippen LogP contribution in [0.15, 0.2) is 42.0 Å². The van der Waals surface area contributed by atoms with E-state index < -0.39 is 23.8 Å². The van der Waals surface area contributed by atoms with Crippen molar-refractivity contribution in [1.82, 2.24) is 0 Å². The standard InChI is InChI=1S/C15H9F3O3/c16-15(17,18)11-7-10-9-4-2-1-3-8(9)5-6-12(10)21-13(11)14(19)20/h1-7,13H,(H,19,20)/t13-/m0/s1. The van der Waals surface area contributed by atoms with Crippen molar-refractivity contribution in [1.29, 1.82) is 0 Å². The zero-order valence-corrected chi connectivity index (χ0v) is 10.5. The maximum absolute atomic E-state index is 13.0. The third-order valence-electron chi connectivity index (χ3n) is 3.31. The van der Waals surface area contributed by atoms with Gasteiger partial charge >= 0.3 is 12.1 Å². The third kappa shape index (κ3) is 2.22. The fourth-order valence-electron chi connectivity index (χ4n) is 2.36. The number of hydrogen-bond donors (Lipinski definition) is 1. The van der Waals surface area contributed by atoms with Gasteiger partial charge in [0.15, 0.2) is 0 Å². The molecule has 0 radical (unpaired) electrons. The average Bonchev–Trinajstić information content (AvgIpc) is 2.44. The van der Waals surface area contributed by atoms with E-state index in [0.29, 0.717) is 5.39 Å². The Bertz CT molecular complexity index is 762. The summed E-state index contributed by atoms with van der Waals surface area (Å²) in [7, 11) is 0. The molecule has 2 aromatic carbocycles. The molecule has 2 aromatic rings. The van der Waals surface area contributed by atoms with Crippen LogP contribution < -0.4 is 4.74 Å². The van der Waals surface area contributed by atoms with Gasteiger partial charge in [-0.3, -0.25) is 0 Å². The van der Waals surface area contributed by atoms with Crippen molar-refractivity contribution in [2.75, 3.05) is 0 Å². The molecule has 0 saturated heterocycles. The fourth-order valence-corrected chi connectivity index (χ4v) is 2.36. The van der Waals surface area contributed by atoms with Gasteiger partial charge in [0.05, 0.1) is 5.57 Å². The van der Waals surface area contributed by atoms with Gasteiger partial charge in [0.2, 0.25) is 6.10 Å². The summed E-state index contributed by atoms with van der Waals surface area (Å²) in [5.74, 6) is -1.54. The Balaban J connectivity index is 2.27. The minimum atomic E-state index is -4.77. The maximum atomic E-state index is 13.0. The van der Waals surface area contributed by atoms with Gasteiger partial charge in [-0.25, -0.2) is 4.79 Å². The van der Waals surface area contributed by atoms with Crippen molar-refractivity contribution >= 4 is 22.8 Å². The summed E-state index contributed by atoms with van der Waals surface area (Å²) in [5.41, 5.74) is -0.961. The highest BCUT2D eigenvalue weighted by Gasteiger charge is 2.45. The Labute approximate surface area is 117 Å². The Morgan fingerprint density at radius 2 is 1.86 bits per heavy atom. The number of ether oxygens (including phenoxy) is 1. The monoisotopic (exact) mass is 294 g/mol. The summed E-state index contributed by atoms with van der Waals surface area (Å²) < 4.78 is 44.2. The van der Waals surface area contributed by atoms with Gasteiger partial charge in [-0.2, -0.15) is 13.2 Å². The first-order valence-corrected chi connectivity index (χ1v) is 6.08. The van der Waals surface area contributed by atoms with Gasteiger partial charge in [0, 0.05) is 5.56 Å². The molecule has 1 aliphatic rings. The number of alkyl halides is 3. The second kappa shape index (κ2) is 4.51. The van der Waals surface area contributed by atoms with Gasteiger partial charge in [0.25, 0.3) is 0 Å². The predicted molar refractivity (Wildman–Crippen MR) is 70.0 cm³/mol. The van der Waals surface area contributed by atoms with Crippen LogP contribution in [0, 0.1) is 0 Å². The summed E-state index contributed by atoms with van der Waals surface area (Å²) in [6.07, 6.45) is -5.95. The Kier molecular flexibility index (Phi) is 2.90. The van der Waals surface area contributed by atoms with Gasteiger partial charge < -0.3 is 9.84 Å². The lowest BCUT2D eigenvalue weighted by Gasteiger charge is -2.26. The lowest BCUT2D eigenvalue weighted by atomic mass is 9.96. The Hall–Kier alpha value is -2.50. The average molecular weight is 294 g/mol. The second-order valence-electron chi connectivity index (χ2n) is 4.63. The van der Waals surface area contributed by atoms with Gasteiger partial charge in [0.1, 0.15) is 5.75 Å². The molecular weight excluding hydrogens is 285 g/mol. The highest BCUT2D eigenvalue weighted by molar-refractivity contribution is 5.95. The van der Waals surface area contributed by atoms with Crippen molar-refractivity contribution in [3.63, 3.8) is 0 Å².